The van der Waals surface area contributed by atoms with Gasteiger partial charge in [-0.1, -0.05) is 30.3 Å². The van der Waals surface area contributed by atoms with E-state index in [1.807, 2.05) is 30.3 Å². The van der Waals surface area contributed by atoms with Crippen LogP contribution in [0.2, 0.25) is 0 Å². The van der Waals surface area contributed by atoms with Crippen molar-refractivity contribution >= 4 is 12.0 Å². The third-order valence-corrected chi connectivity index (χ3v) is 1.22. The Bertz CT molecular complexity index is 267. The summed E-state index contributed by atoms with van der Waals surface area (Å²) in [6.45, 7) is 0. The fourth-order valence-electron chi connectivity index (χ4n) is 0.732. The number of benzene rings is 1. The largest absolute Gasteiger partial charge is 0.478 e. The van der Waals surface area contributed by atoms with Crippen LogP contribution in [0.1, 0.15) is 5.56 Å². The second-order valence-corrected chi connectivity index (χ2v) is 2.08. The molecular formula is C9H8CuO2. The van der Waals surface area contributed by atoms with E-state index in [1.54, 1.807) is 6.08 Å². The molecule has 0 aliphatic rings. The van der Waals surface area contributed by atoms with Gasteiger partial charge in [-0.2, -0.15) is 0 Å². The first-order valence-electron chi connectivity index (χ1n) is 3.25. The van der Waals surface area contributed by atoms with Crippen LogP contribution in [0.3, 0.4) is 0 Å². The SMILES string of the molecule is O=C(O)/C=C/c1ccccc1.[Cu]. The normalized spacial score (nSPS) is 9.33. The monoisotopic (exact) mass is 211 g/mol. The summed E-state index contributed by atoms with van der Waals surface area (Å²) in [6.07, 6.45) is 2.68. The minimum atomic E-state index is -0.922. The van der Waals surface area contributed by atoms with E-state index in [1.165, 1.54) is 0 Å². The Kier molecular flexibility index (Phi) is 5.09. The fourth-order valence-corrected chi connectivity index (χ4v) is 0.732. The quantitative estimate of drug-likeness (QED) is 0.598. The van der Waals surface area contributed by atoms with Crippen LogP contribution in [0.25, 0.3) is 6.08 Å². The molecule has 0 atom stereocenters. The molecule has 1 aromatic carbocycles. The molecule has 0 aliphatic heterocycles. The molecule has 1 rings (SSSR count). The third kappa shape index (κ3) is 3.96. The van der Waals surface area contributed by atoms with Crippen molar-refractivity contribution in [3.8, 4) is 0 Å². The molecule has 12 heavy (non-hydrogen) atoms. The number of rotatable bonds is 2. The summed E-state index contributed by atoms with van der Waals surface area (Å²) in [6, 6.07) is 9.31. The number of aliphatic carboxylic acids is 1. The summed E-state index contributed by atoms with van der Waals surface area (Å²) in [4.78, 5) is 10.1. The predicted molar refractivity (Wildman–Crippen MR) is 43.1 cm³/mol. The fraction of sp³-hybridized carbons (Fsp3) is 0. The first kappa shape index (κ1) is 10.9. The average molecular weight is 212 g/mol. The number of hydrogen-bond donors (Lipinski definition) is 1. The van der Waals surface area contributed by atoms with Gasteiger partial charge in [0.15, 0.2) is 0 Å². The molecule has 1 aromatic rings. The van der Waals surface area contributed by atoms with Gasteiger partial charge in [0, 0.05) is 23.1 Å². The number of hydrogen-bond acceptors (Lipinski definition) is 1. The zero-order valence-corrected chi connectivity index (χ0v) is 7.14. The van der Waals surface area contributed by atoms with Crippen LogP contribution in [0.4, 0.5) is 0 Å². The van der Waals surface area contributed by atoms with Crippen LogP contribution in [0.15, 0.2) is 36.4 Å². The van der Waals surface area contributed by atoms with Gasteiger partial charge in [-0.05, 0) is 11.6 Å². The van der Waals surface area contributed by atoms with Crippen molar-refractivity contribution in [2.45, 2.75) is 0 Å². The van der Waals surface area contributed by atoms with Crippen LogP contribution in [-0.2, 0) is 21.9 Å². The van der Waals surface area contributed by atoms with Crippen molar-refractivity contribution in [3.63, 3.8) is 0 Å². The van der Waals surface area contributed by atoms with Crippen LogP contribution in [-0.4, -0.2) is 11.1 Å². The molecule has 0 bridgehead atoms. The molecule has 0 spiro atoms. The maximum atomic E-state index is 10.1. The summed E-state index contributed by atoms with van der Waals surface area (Å²) in [5, 5.41) is 8.29. The maximum absolute atomic E-state index is 10.1. The minimum absolute atomic E-state index is 0. The summed E-state index contributed by atoms with van der Waals surface area (Å²) >= 11 is 0. The van der Waals surface area contributed by atoms with Gasteiger partial charge < -0.3 is 5.11 Å². The van der Waals surface area contributed by atoms with Gasteiger partial charge in [0.05, 0.1) is 0 Å². The van der Waals surface area contributed by atoms with Crippen molar-refractivity contribution in [1.29, 1.82) is 0 Å². The average Bonchev–Trinajstić information content (AvgIpc) is 2.03. The van der Waals surface area contributed by atoms with Gasteiger partial charge in [-0.3, -0.25) is 0 Å². The summed E-state index contributed by atoms with van der Waals surface area (Å²) in [5.74, 6) is -0.922. The molecule has 1 N–H and O–H groups in total. The van der Waals surface area contributed by atoms with E-state index in [0.717, 1.165) is 11.6 Å². The molecule has 0 saturated carbocycles. The molecule has 3 heteroatoms. The van der Waals surface area contributed by atoms with E-state index in [2.05, 4.69) is 0 Å². The molecule has 67 valence electrons. The molecular weight excluding hydrogens is 204 g/mol. The molecule has 1 radical (unpaired) electrons. The molecule has 0 aliphatic carbocycles. The number of carboxylic acid groups (broad SMARTS) is 1. The second-order valence-electron chi connectivity index (χ2n) is 2.08. The first-order chi connectivity index (χ1) is 5.29. The Morgan fingerprint density at radius 2 is 1.83 bits per heavy atom. The molecule has 0 heterocycles. The summed E-state index contributed by atoms with van der Waals surface area (Å²) in [5.41, 5.74) is 0.898. The number of carboxylic acids is 1. The topological polar surface area (TPSA) is 37.3 Å². The van der Waals surface area contributed by atoms with Gasteiger partial charge in [-0.15, -0.1) is 0 Å². The van der Waals surface area contributed by atoms with Crippen molar-refractivity contribution in [2.75, 3.05) is 0 Å². The molecule has 0 saturated heterocycles. The van der Waals surface area contributed by atoms with Gasteiger partial charge >= 0.3 is 5.97 Å². The van der Waals surface area contributed by atoms with Crippen LogP contribution >= 0.6 is 0 Å². The zero-order valence-electron chi connectivity index (χ0n) is 6.20. The van der Waals surface area contributed by atoms with Crippen molar-refractivity contribution in [1.82, 2.24) is 0 Å². The number of carbonyl (C=O) groups is 1. The Hall–Kier alpha value is -1.05. The smallest absolute Gasteiger partial charge is 0.328 e. The molecule has 0 amide bonds. The molecule has 0 fully saturated rings. The predicted octanol–water partition coefficient (Wildman–Crippen LogP) is 1.78. The first-order valence-corrected chi connectivity index (χ1v) is 3.25. The third-order valence-electron chi connectivity index (χ3n) is 1.22. The Morgan fingerprint density at radius 3 is 2.33 bits per heavy atom. The Morgan fingerprint density at radius 1 is 1.25 bits per heavy atom. The summed E-state index contributed by atoms with van der Waals surface area (Å²) in [7, 11) is 0. The van der Waals surface area contributed by atoms with Crippen LogP contribution in [0.5, 0.6) is 0 Å². The van der Waals surface area contributed by atoms with E-state index in [-0.39, 0.29) is 17.1 Å². The van der Waals surface area contributed by atoms with E-state index in [4.69, 9.17) is 5.11 Å². The van der Waals surface area contributed by atoms with Gasteiger partial charge in [0.25, 0.3) is 0 Å². The van der Waals surface area contributed by atoms with Crippen LogP contribution in [0, 0.1) is 0 Å². The minimum Gasteiger partial charge on any atom is -0.478 e. The Labute approximate surface area is 81.4 Å². The second kappa shape index (κ2) is 5.58. The van der Waals surface area contributed by atoms with Crippen LogP contribution < -0.4 is 0 Å². The zero-order chi connectivity index (χ0) is 8.10. The maximum Gasteiger partial charge on any atom is 0.328 e. The van der Waals surface area contributed by atoms with Gasteiger partial charge in [0.2, 0.25) is 0 Å². The molecule has 0 unspecified atom stereocenters. The molecule has 0 aromatic heterocycles. The molecule has 2 nitrogen and oxygen atoms in total. The van der Waals surface area contributed by atoms with Gasteiger partial charge in [-0.25, -0.2) is 4.79 Å². The Balaban J connectivity index is 0.00000121. The van der Waals surface area contributed by atoms with Gasteiger partial charge in [0.1, 0.15) is 0 Å². The van der Waals surface area contributed by atoms with E-state index < -0.39 is 5.97 Å². The van der Waals surface area contributed by atoms with E-state index in [0.29, 0.717) is 0 Å². The van der Waals surface area contributed by atoms with E-state index in [9.17, 15) is 4.79 Å². The summed E-state index contributed by atoms with van der Waals surface area (Å²) < 4.78 is 0. The van der Waals surface area contributed by atoms with Crippen molar-refractivity contribution in [2.24, 2.45) is 0 Å². The van der Waals surface area contributed by atoms with Crippen molar-refractivity contribution < 1.29 is 27.0 Å². The van der Waals surface area contributed by atoms with Crippen molar-refractivity contribution in [3.05, 3.63) is 42.0 Å². The standard InChI is InChI=1S/C9H8O2.Cu/c10-9(11)7-6-8-4-2-1-3-5-8;/h1-7H,(H,10,11);/b7-6+;. The van der Waals surface area contributed by atoms with E-state index >= 15 is 0 Å².